The van der Waals surface area contributed by atoms with Crippen LogP contribution in [0.5, 0.6) is 11.8 Å². The molecule has 6 heterocycles. The molecule has 260 valence electrons. The van der Waals surface area contributed by atoms with E-state index < -0.39 is 11.6 Å². The monoisotopic (exact) mass is 684 g/mol. The van der Waals surface area contributed by atoms with Crippen LogP contribution < -0.4 is 15.0 Å². The molecule has 14 heteroatoms. The lowest BCUT2D eigenvalue weighted by Gasteiger charge is -2.35. The molecule has 8 rings (SSSR count). The molecule has 12 nitrogen and oxygen atoms in total. The van der Waals surface area contributed by atoms with Crippen LogP contribution in [0.3, 0.4) is 0 Å². The molecule has 2 bridgehead atoms. The zero-order valence-corrected chi connectivity index (χ0v) is 28.0. The van der Waals surface area contributed by atoms with Crippen molar-refractivity contribution in [3.63, 3.8) is 0 Å². The number of rotatable bonds is 7. The molecule has 50 heavy (non-hydrogen) atoms. The first-order chi connectivity index (χ1) is 24.1. The smallest absolute Gasteiger partial charge is 0.409 e. The summed E-state index contributed by atoms with van der Waals surface area (Å²) in [5.74, 6) is 1.16. The maximum absolute atomic E-state index is 16.9. The Bertz CT molecular complexity index is 2040. The number of phenols is 1. The number of aromatic hydroxyl groups is 1. The summed E-state index contributed by atoms with van der Waals surface area (Å²) in [6.07, 6.45) is 10.9. The lowest BCUT2D eigenvalue weighted by molar-refractivity contribution is 0.0484. The van der Waals surface area contributed by atoms with Gasteiger partial charge < -0.3 is 29.7 Å². The van der Waals surface area contributed by atoms with E-state index in [0.29, 0.717) is 30.9 Å². The van der Waals surface area contributed by atoms with E-state index in [0.717, 1.165) is 45.1 Å². The Kier molecular flexibility index (Phi) is 8.07. The predicted octanol–water partition coefficient (Wildman–Crippen LogP) is 4.22. The highest BCUT2D eigenvalue weighted by molar-refractivity contribution is 6.02. The molecule has 4 atom stereocenters. The first-order valence-electron chi connectivity index (χ1n) is 17.0. The van der Waals surface area contributed by atoms with Crippen LogP contribution in [-0.4, -0.2) is 112 Å². The number of hydrogen-bond donors (Lipinski definition) is 2. The molecule has 4 aliphatic heterocycles. The third-order valence-electron chi connectivity index (χ3n) is 10.7. The minimum atomic E-state index is -0.815. The molecule has 4 fully saturated rings. The number of ether oxygens (including phenoxy) is 2. The number of benzene rings is 2. The van der Waals surface area contributed by atoms with Gasteiger partial charge in [-0.15, -0.1) is 16.6 Å². The van der Waals surface area contributed by atoms with E-state index in [-0.39, 0.29) is 81.4 Å². The van der Waals surface area contributed by atoms with Gasteiger partial charge in [-0.1, -0.05) is 12.0 Å². The minimum Gasteiger partial charge on any atom is -0.508 e. The summed E-state index contributed by atoms with van der Waals surface area (Å²) >= 11 is 0. The number of hydrogen-bond acceptors (Lipinski definition) is 11. The van der Waals surface area contributed by atoms with E-state index in [1.807, 2.05) is 0 Å². The molecule has 4 saturated heterocycles. The number of phenolic OH excluding ortho intramolecular Hbond substituents is 1. The number of piperazine rings is 1. The number of carbonyl (C=O) groups is 1. The van der Waals surface area contributed by atoms with Crippen LogP contribution >= 0.6 is 0 Å². The molecule has 0 radical (unpaired) electrons. The van der Waals surface area contributed by atoms with Gasteiger partial charge in [-0.2, -0.15) is 9.97 Å². The standard InChI is InChI=1S/C36H38F2N8O4/c1-4-25-27(37)9-6-20-14-24(47)15-26(28(20)25)30-29(38)31-32(43-42-30)33(45-16-21-7-8-22(17-45)39-21)41-34(40-31)50-19-36-11-5-13-46(36)23(10-12-36)18-49-35(48)44(2)3/h1,6,9,14-15,21-23,39,47H,5,7-8,10-13,16-19H2,2-3H3/t21?,22?,23-,36-/m1/s1. The zero-order valence-electron chi connectivity index (χ0n) is 28.0. The Morgan fingerprint density at radius 3 is 2.68 bits per heavy atom. The Morgan fingerprint density at radius 1 is 1.12 bits per heavy atom. The summed E-state index contributed by atoms with van der Waals surface area (Å²) in [6.45, 7) is 2.73. The summed E-state index contributed by atoms with van der Waals surface area (Å²) in [5, 5.41) is 23.6. The van der Waals surface area contributed by atoms with Crippen LogP contribution in [0.4, 0.5) is 19.4 Å². The van der Waals surface area contributed by atoms with Gasteiger partial charge in [0.25, 0.3) is 0 Å². The highest BCUT2D eigenvalue weighted by Crippen LogP contribution is 2.43. The molecule has 2 aromatic heterocycles. The van der Waals surface area contributed by atoms with E-state index in [1.165, 1.54) is 29.2 Å². The second-order valence-electron chi connectivity index (χ2n) is 14.1. The minimum absolute atomic E-state index is 0.0102. The number of anilines is 1. The summed E-state index contributed by atoms with van der Waals surface area (Å²) in [5.41, 5.74) is -0.432. The fraction of sp³-hybridized carbons (Fsp3) is 0.472. The van der Waals surface area contributed by atoms with E-state index in [2.05, 4.69) is 36.2 Å². The Morgan fingerprint density at radius 2 is 1.92 bits per heavy atom. The lowest BCUT2D eigenvalue weighted by atomic mass is 9.95. The summed E-state index contributed by atoms with van der Waals surface area (Å²) < 4.78 is 43.7. The maximum atomic E-state index is 16.9. The van der Waals surface area contributed by atoms with Crippen molar-refractivity contribution in [3.8, 4) is 35.4 Å². The molecular formula is C36H38F2N8O4. The van der Waals surface area contributed by atoms with Gasteiger partial charge in [0.05, 0.1) is 11.1 Å². The van der Waals surface area contributed by atoms with Crippen molar-refractivity contribution in [1.82, 2.24) is 35.3 Å². The van der Waals surface area contributed by atoms with E-state index in [1.54, 1.807) is 14.1 Å². The molecule has 0 saturated carbocycles. The largest absolute Gasteiger partial charge is 0.508 e. The number of fused-ring (bicyclic) bond motifs is 5. The van der Waals surface area contributed by atoms with Crippen molar-refractivity contribution < 1.29 is 28.2 Å². The van der Waals surface area contributed by atoms with Gasteiger partial charge in [-0.3, -0.25) is 4.90 Å². The lowest BCUT2D eigenvalue weighted by Crippen LogP contribution is -2.51. The number of carbonyl (C=O) groups excluding carboxylic acids is 1. The van der Waals surface area contributed by atoms with Crippen LogP contribution in [0.2, 0.25) is 0 Å². The van der Waals surface area contributed by atoms with E-state index in [9.17, 15) is 14.3 Å². The van der Waals surface area contributed by atoms with Gasteiger partial charge in [-0.05, 0) is 68.7 Å². The molecule has 1 amide bonds. The number of halogens is 2. The second-order valence-corrected chi connectivity index (χ2v) is 14.1. The fourth-order valence-corrected chi connectivity index (χ4v) is 8.39. The molecule has 0 aliphatic carbocycles. The third-order valence-corrected chi connectivity index (χ3v) is 10.7. The number of aromatic nitrogens is 4. The Labute approximate surface area is 287 Å². The van der Waals surface area contributed by atoms with Crippen molar-refractivity contribution in [2.24, 2.45) is 0 Å². The summed E-state index contributed by atoms with van der Waals surface area (Å²) in [4.78, 5) is 27.4. The topological polar surface area (TPSA) is 129 Å². The van der Waals surface area contributed by atoms with Crippen LogP contribution in [0.1, 0.15) is 44.1 Å². The van der Waals surface area contributed by atoms with Crippen molar-refractivity contribution in [2.45, 2.75) is 62.2 Å². The van der Waals surface area contributed by atoms with Crippen molar-refractivity contribution >= 4 is 33.7 Å². The average molecular weight is 685 g/mol. The van der Waals surface area contributed by atoms with Crippen molar-refractivity contribution in [1.29, 1.82) is 0 Å². The van der Waals surface area contributed by atoms with Crippen molar-refractivity contribution in [2.75, 3.05) is 51.8 Å². The molecule has 2 unspecified atom stereocenters. The first-order valence-corrected chi connectivity index (χ1v) is 17.0. The van der Waals surface area contributed by atoms with Gasteiger partial charge >= 0.3 is 12.1 Å². The third kappa shape index (κ3) is 5.49. The molecule has 0 spiro atoms. The SMILES string of the molecule is C#Cc1c(F)ccc2cc(O)cc(-c3nnc4c(N5CC6CCC(C5)N6)nc(OC[C@]56CCCN5[C@@H](COC(=O)N(C)C)CC6)nc4c3F)c12. The van der Waals surface area contributed by atoms with E-state index in [4.69, 9.17) is 20.9 Å². The zero-order chi connectivity index (χ0) is 34.7. The van der Waals surface area contributed by atoms with Crippen LogP contribution in [0.25, 0.3) is 33.1 Å². The van der Waals surface area contributed by atoms with Crippen LogP contribution in [-0.2, 0) is 4.74 Å². The van der Waals surface area contributed by atoms with Gasteiger partial charge in [-0.25, -0.2) is 13.6 Å². The van der Waals surface area contributed by atoms with Gasteiger partial charge in [0.1, 0.15) is 36.0 Å². The summed E-state index contributed by atoms with van der Waals surface area (Å²) in [6, 6.07) is 6.02. The number of amides is 1. The molecule has 2 aromatic carbocycles. The van der Waals surface area contributed by atoms with Gasteiger partial charge in [0, 0.05) is 56.3 Å². The maximum Gasteiger partial charge on any atom is 0.409 e. The molecule has 4 aromatic rings. The molecule has 4 aliphatic rings. The van der Waals surface area contributed by atoms with Gasteiger partial charge in [0.15, 0.2) is 17.2 Å². The highest BCUT2D eigenvalue weighted by Gasteiger charge is 2.50. The quantitative estimate of drug-likeness (QED) is 0.272. The van der Waals surface area contributed by atoms with Gasteiger partial charge in [0.2, 0.25) is 0 Å². The van der Waals surface area contributed by atoms with Crippen LogP contribution in [0, 0.1) is 24.0 Å². The number of nitrogens with zero attached hydrogens (tertiary/aromatic N) is 7. The van der Waals surface area contributed by atoms with E-state index >= 15 is 4.39 Å². The predicted molar refractivity (Wildman–Crippen MR) is 182 cm³/mol. The first kappa shape index (κ1) is 32.3. The van der Waals surface area contributed by atoms with Crippen molar-refractivity contribution in [3.05, 3.63) is 41.5 Å². The highest BCUT2D eigenvalue weighted by atomic mass is 19.1. The normalized spacial score (nSPS) is 24.5. The Balaban J connectivity index is 1.18. The second kappa shape index (κ2) is 12.5. The number of nitrogens with one attached hydrogen (secondary N) is 1. The average Bonchev–Trinajstić information content (AvgIpc) is 3.78. The Hall–Kier alpha value is -4.87. The summed E-state index contributed by atoms with van der Waals surface area (Å²) in [7, 11) is 3.32. The molecule has 2 N–H and O–H groups in total. The molecular weight excluding hydrogens is 646 g/mol. The fourth-order valence-electron chi connectivity index (χ4n) is 8.39. The number of terminal acetylenes is 1. The van der Waals surface area contributed by atoms with Crippen LogP contribution in [0.15, 0.2) is 24.3 Å².